The average molecular weight is 388 g/mol. The van der Waals surface area contributed by atoms with Crippen molar-refractivity contribution in [3.05, 3.63) is 82.7 Å². The van der Waals surface area contributed by atoms with Crippen LogP contribution in [0.4, 0.5) is 0 Å². The lowest BCUT2D eigenvalue weighted by atomic mass is 10.3. The zero-order chi connectivity index (χ0) is 19.1. The quantitative estimate of drug-likeness (QED) is 0.377. The number of fused-ring (bicyclic) bond motifs is 2. The Bertz CT molecular complexity index is 1350. The Morgan fingerprint density at radius 1 is 1.07 bits per heavy atom. The summed E-state index contributed by atoms with van der Waals surface area (Å²) in [6.07, 6.45) is 5.59. The van der Waals surface area contributed by atoms with E-state index in [1.807, 2.05) is 66.2 Å². The van der Waals surface area contributed by atoms with E-state index in [0.29, 0.717) is 21.9 Å². The zero-order valence-electron chi connectivity index (χ0n) is 15.0. The molecule has 5 rings (SSSR count). The standard InChI is InChI=1S/C20H16N6OS/c1-13-7-8-17-22-14(11-25(17)10-13)12-28-20-23-18-16(19(27)24-20)9-21-26(18)15-5-3-2-4-6-15/h2-11H,12H2,1H3,(H,23,24,27). The maximum absolute atomic E-state index is 12.5. The van der Waals surface area contributed by atoms with E-state index in [-0.39, 0.29) is 5.56 Å². The minimum absolute atomic E-state index is 0.194. The summed E-state index contributed by atoms with van der Waals surface area (Å²) in [5, 5.41) is 5.35. The Balaban J connectivity index is 1.47. The number of para-hydroxylation sites is 1. The van der Waals surface area contributed by atoms with Crippen LogP contribution in [-0.2, 0) is 5.75 Å². The third kappa shape index (κ3) is 2.97. The molecule has 0 aliphatic rings. The lowest BCUT2D eigenvalue weighted by Crippen LogP contribution is -2.09. The number of nitrogens with zero attached hydrogens (tertiary/aromatic N) is 5. The second kappa shape index (κ2) is 6.65. The van der Waals surface area contributed by atoms with Crippen molar-refractivity contribution >= 4 is 28.4 Å². The van der Waals surface area contributed by atoms with E-state index in [9.17, 15) is 4.79 Å². The number of aromatic amines is 1. The molecule has 0 saturated heterocycles. The van der Waals surface area contributed by atoms with Crippen LogP contribution in [0.1, 0.15) is 11.3 Å². The van der Waals surface area contributed by atoms with Gasteiger partial charge < -0.3 is 9.38 Å². The fraction of sp³-hybridized carbons (Fsp3) is 0.100. The largest absolute Gasteiger partial charge is 0.307 e. The van der Waals surface area contributed by atoms with Gasteiger partial charge in [0.2, 0.25) is 0 Å². The highest BCUT2D eigenvalue weighted by Crippen LogP contribution is 2.21. The molecule has 4 heterocycles. The Hall–Kier alpha value is -3.39. The van der Waals surface area contributed by atoms with E-state index >= 15 is 0 Å². The molecule has 1 N–H and O–H groups in total. The van der Waals surface area contributed by atoms with Crippen molar-refractivity contribution in [3.63, 3.8) is 0 Å². The van der Waals surface area contributed by atoms with Gasteiger partial charge in [0, 0.05) is 18.1 Å². The highest BCUT2D eigenvalue weighted by molar-refractivity contribution is 7.98. The first-order valence-electron chi connectivity index (χ1n) is 8.78. The van der Waals surface area contributed by atoms with E-state index in [4.69, 9.17) is 0 Å². The van der Waals surface area contributed by atoms with Gasteiger partial charge in [-0.2, -0.15) is 5.10 Å². The van der Waals surface area contributed by atoms with Crippen LogP contribution in [0.3, 0.4) is 0 Å². The molecule has 0 fully saturated rings. The van der Waals surface area contributed by atoms with Crippen LogP contribution in [0.15, 0.2) is 71.0 Å². The van der Waals surface area contributed by atoms with Gasteiger partial charge in [-0.05, 0) is 30.7 Å². The summed E-state index contributed by atoms with van der Waals surface area (Å²) >= 11 is 1.45. The molecule has 4 aromatic heterocycles. The first kappa shape index (κ1) is 16.8. The van der Waals surface area contributed by atoms with Crippen molar-refractivity contribution in [2.45, 2.75) is 17.8 Å². The predicted molar refractivity (Wildman–Crippen MR) is 109 cm³/mol. The number of aromatic nitrogens is 6. The summed E-state index contributed by atoms with van der Waals surface area (Å²) in [5.74, 6) is 0.606. The molecule has 0 amide bonds. The summed E-state index contributed by atoms with van der Waals surface area (Å²) in [6, 6.07) is 13.7. The van der Waals surface area contributed by atoms with E-state index in [1.165, 1.54) is 17.3 Å². The third-order valence-electron chi connectivity index (χ3n) is 4.42. The number of pyridine rings is 1. The maximum Gasteiger partial charge on any atom is 0.262 e. The number of rotatable bonds is 4. The minimum Gasteiger partial charge on any atom is -0.307 e. The molecule has 0 spiro atoms. The molecular weight excluding hydrogens is 372 g/mol. The number of H-pyrrole nitrogens is 1. The maximum atomic E-state index is 12.5. The smallest absolute Gasteiger partial charge is 0.262 e. The van der Waals surface area contributed by atoms with Crippen LogP contribution < -0.4 is 5.56 Å². The van der Waals surface area contributed by atoms with Gasteiger partial charge >= 0.3 is 0 Å². The third-order valence-corrected chi connectivity index (χ3v) is 5.33. The van der Waals surface area contributed by atoms with Crippen LogP contribution in [0.5, 0.6) is 0 Å². The van der Waals surface area contributed by atoms with Gasteiger partial charge in [0.15, 0.2) is 10.8 Å². The molecule has 5 aromatic rings. The van der Waals surface area contributed by atoms with Crippen molar-refractivity contribution in [3.8, 4) is 5.69 Å². The number of hydrogen-bond acceptors (Lipinski definition) is 5. The predicted octanol–water partition coefficient (Wildman–Crippen LogP) is 3.36. The molecule has 0 atom stereocenters. The number of aryl methyl sites for hydroxylation is 1. The van der Waals surface area contributed by atoms with Crippen molar-refractivity contribution < 1.29 is 0 Å². The van der Waals surface area contributed by atoms with Gasteiger partial charge in [0.25, 0.3) is 5.56 Å². The van der Waals surface area contributed by atoms with Gasteiger partial charge in [0.05, 0.1) is 17.6 Å². The zero-order valence-corrected chi connectivity index (χ0v) is 15.8. The second-order valence-corrected chi connectivity index (χ2v) is 7.46. The SMILES string of the molecule is Cc1ccc2nc(CSc3nc4c(cnn4-c4ccccc4)c(=O)[nH]3)cn2c1. The number of nitrogens with one attached hydrogen (secondary N) is 1. The summed E-state index contributed by atoms with van der Waals surface area (Å²) in [6.45, 7) is 2.05. The number of imidazole rings is 1. The summed E-state index contributed by atoms with van der Waals surface area (Å²) in [7, 11) is 0. The first-order valence-corrected chi connectivity index (χ1v) is 9.76. The van der Waals surface area contributed by atoms with Crippen LogP contribution >= 0.6 is 11.8 Å². The molecule has 138 valence electrons. The Morgan fingerprint density at radius 3 is 2.79 bits per heavy atom. The molecule has 0 aliphatic carbocycles. The molecule has 0 aliphatic heterocycles. The van der Waals surface area contributed by atoms with Crippen molar-refractivity contribution in [2.24, 2.45) is 0 Å². The Kier molecular flexibility index (Phi) is 3.98. The fourth-order valence-corrected chi connectivity index (χ4v) is 3.83. The van der Waals surface area contributed by atoms with Crippen LogP contribution in [0, 0.1) is 6.92 Å². The first-order chi connectivity index (χ1) is 13.7. The summed E-state index contributed by atoms with van der Waals surface area (Å²) in [5.41, 5.74) is 4.22. The van der Waals surface area contributed by atoms with Crippen molar-refractivity contribution in [1.82, 2.24) is 29.1 Å². The van der Waals surface area contributed by atoms with Crippen LogP contribution in [0.25, 0.3) is 22.4 Å². The lowest BCUT2D eigenvalue weighted by molar-refractivity contribution is 0.872. The highest BCUT2D eigenvalue weighted by atomic mass is 32.2. The average Bonchev–Trinajstić information content (AvgIpc) is 3.30. The number of hydrogen-bond donors (Lipinski definition) is 1. The van der Waals surface area contributed by atoms with Crippen molar-refractivity contribution in [2.75, 3.05) is 0 Å². The summed E-state index contributed by atoms with van der Waals surface area (Å²) < 4.78 is 3.69. The number of thioether (sulfide) groups is 1. The molecule has 0 unspecified atom stereocenters. The highest BCUT2D eigenvalue weighted by Gasteiger charge is 2.12. The monoisotopic (exact) mass is 388 g/mol. The number of benzene rings is 1. The molecule has 0 radical (unpaired) electrons. The molecule has 8 heteroatoms. The molecule has 7 nitrogen and oxygen atoms in total. The molecular formula is C20H16N6OS. The molecule has 0 saturated carbocycles. The van der Waals surface area contributed by atoms with Gasteiger partial charge in [-0.3, -0.25) is 4.79 Å². The normalized spacial score (nSPS) is 11.5. The van der Waals surface area contributed by atoms with E-state index < -0.39 is 0 Å². The van der Waals surface area contributed by atoms with Gasteiger partial charge in [-0.15, -0.1) is 0 Å². The van der Waals surface area contributed by atoms with E-state index in [0.717, 1.165) is 17.0 Å². The van der Waals surface area contributed by atoms with Gasteiger partial charge in [-0.25, -0.2) is 14.6 Å². The van der Waals surface area contributed by atoms with Crippen LogP contribution in [-0.4, -0.2) is 29.1 Å². The van der Waals surface area contributed by atoms with Crippen molar-refractivity contribution in [1.29, 1.82) is 0 Å². The van der Waals surface area contributed by atoms with E-state index in [2.05, 4.69) is 20.1 Å². The Morgan fingerprint density at radius 2 is 1.93 bits per heavy atom. The Labute approximate surface area is 164 Å². The molecule has 1 aromatic carbocycles. The fourth-order valence-electron chi connectivity index (χ4n) is 3.09. The second-order valence-electron chi connectivity index (χ2n) is 6.49. The minimum atomic E-state index is -0.194. The van der Waals surface area contributed by atoms with Crippen LogP contribution in [0.2, 0.25) is 0 Å². The molecule has 28 heavy (non-hydrogen) atoms. The summed E-state index contributed by atoms with van der Waals surface area (Å²) in [4.78, 5) is 24.5. The van der Waals surface area contributed by atoms with Gasteiger partial charge in [0.1, 0.15) is 11.0 Å². The van der Waals surface area contributed by atoms with E-state index in [1.54, 1.807) is 10.9 Å². The molecule has 0 bridgehead atoms. The topological polar surface area (TPSA) is 80.9 Å². The van der Waals surface area contributed by atoms with Gasteiger partial charge in [-0.1, -0.05) is 36.0 Å². The lowest BCUT2D eigenvalue weighted by Gasteiger charge is -2.03.